The molecule has 0 spiro atoms. The van der Waals surface area contributed by atoms with E-state index in [1.54, 1.807) is 12.1 Å². The molecule has 28 heavy (non-hydrogen) atoms. The molecule has 3 rings (SSSR count). The Balaban J connectivity index is 1.60. The largest absolute Gasteiger partial charge is 0.466 e. The zero-order chi connectivity index (χ0) is 20.3. The Hall–Kier alpha value is -2.74. The normalized spacial score (nSPS) is 18.8. The number of nitrogens with zero attached hydrogens (tertiary/aromatic N) is 1. The number of anilines is 1. The molecular formula is C20H22N2O5S. The van der Waals surface area contributed by atoms with E-state index in [0.29, 0.717) is 17.2 Å². The van der Waals surface area contributed by atoms with Crippen molar-refractivity contribution in [3.8, 4) is 0 Å². The number of furan rings is 1. The third-order valence-electron chi connectivity index (χ3n) is 4.44. The minimum absolute atomic E-state index is 0.256. The number of ether oxygens (including phenoxy) is 1. The van der Waals surface area contributed by atoms with Gasteiger partial charge in [-0.3, -0.25) is 9.59 Å². The van der Waals surface area contributed by atoms with E-state index in [-0.39, 0.29) is 11.3 Å². The molecule has 2 amide bonds. The number of hydrogen-bond acceptors (Lipinski definition) is 6. The van der Waals surface area contributed by atoms with Gasteiger partial charge in [0.15, 0.2) is 6.61 Å². The summed E-state index contributed by atoms with van der Waals surface area (Å²) >= 11 is 1.42. The summed E-state index contributed by atoms with van der Waals surface area (Å²) in [6.45, 7) is 4.80. The molecule has 1 aliphatic rings. The van der Waals surface area contributed by atoms with Crippen LogP contribution < -0.4 is 5.32 Å². The molecule has 0 unspecified atom stereocenters. The van der Waals surface area contributed by atoms with Crippen molar-refractivity contribution in [2.45, 2.75) is 32.2 Å². The fourth-order valence-electron chi connectivity index (χ4n) is 3.01. The van der Waals surface area contributed by atoms with Crippen molar-refractivity contribution < 1.29 is 23.5 Å². The Morgan fingerprint density at radius 3 is 2.75 bits per heavy atom. The summed E-state index contributed by atoms with van der Waals surface area (Å²) in [7, 11) is 0. The first-order valence-corrected chi connectivity index (χ1v) is 9.89. The van der Waals surface area contributed by atoms with E-state index in [0.717, 1.165) is 11.1 Å². The molecule has 2 atom stereocenters. The Labute approximate surface area is 167 Å². The van der Waals surface area contributed by atoms with Crippen molar-refractivity contribution >= 4 is 35.2 Å². The van der Waals surface area contributed by atoms with Crippen LogP contribution in [-0.2, 0) is 19.1 Å². The first-order valence-electron chi connectivity index (χ1n) is 8.84. The van der Waals surface area contributed by atoms with Gasteiger partial charge in [0.25, 0.3) is 5.91 Å². The highest BCUT2D eigenvalue weighted by atomic mass is 32.2. The molecule has 2 heterocycles. The smallest absolute Gasteiger partial charge is 0.330 e. The summed E-state index contributed by atoms with van der Waals surface area (Å²) in [5.74, 6) is -0.309. The standard InChI is InChI=1S/C20H22N2O5S/c1-12-6-7-13(2)15(9-12)21-18(24)10-27-20(25)16-11-28-19(22(16)14(3)23)17-5-4-8-26-17/h4-9,16,19H,10-11H2,1-3H3,(H,21,24)/t16-,19+/m1/s1. The molecule has 1 aliphatic heterocycles. The molecule has 1 saturated heterocycles. The van der Waals surface area contributed by atoms with Crippen molar-refractivity contribution in [1.29, 1.82) is 0 Å². The van der Waals surface area contributed by atoms with Crippen molar-refractivity contribution in [2.24, 2.45) is 0 Å². The second-order valence-electron chi connectivity index (χ2n) is 6.62. The third-order valence-corrected chi connectivity index (χ3v) is 5.72. The van der Waals surface area contributed by atoms with Crippen molar-refractivity contribution in [3.05, 3.63) is 53.5 Å². The van der Waals surface area contributed by atoms with Gasteiger partial charge in [-0.15, -0.1) is 11.8 Å². The summed E-state index contributed by atoms with van der Waals surface area (Å²) < 4.78 is 10.6. The monoisotopic (exact) mass is 402 g/mol. The fraction of sp³-hybridized carbons (Fsp3) is 0.350. The molecular weight excluding hydrogens is 380 g/mol. The summed E-state index contributed by atoms with van der Waals surface area (Å²) in [5, 5.41) is 2.36. The van der Waals surface area contributed by atoms with Gasteiger partial charge < -0.3 is 19.4 Å². The van der Waals surface area contributed by atoms with Crippen LogP contribution in [0.25, 0.3) is 0 Å². The van der Waals surface area contributed by atoms with Gasteiger partial charge in [0, 0.05) is 18.4 Å². The van der Waals surface area contributed by atoms with Crippen LogP contribution in [0.5, 0.6) is 0 Å². The zero-order valence-corrected chi connectivity index (χ0v) is 16.7. The number of amides is 2. The van der Waals surface area contributed by atoms with Crippen molar-refractivity contribution in [2.75, 3.05) is 17.7 Å². The number of thioether (sulfide) groups is 1. The fourth-order valence-corrected chi connectivity index (χ4v) is 4.43. The van der Waals surface area contributed by atoms with E-state index in [2.05, 4.69) is 5.32 Å². The van der Waals surface area contributed by atoms with E-state index in [1.165, 1.54) is 29.8 Å². The predicted octanol–water partition coefficient (Wildman–Crippen LogP) is 3.04. The molecule has 2 aromatic rings. The van der Waals surface area contributed by atoms with Crippen LogP contribution in [-0.4, -0.2) is 41.1 Å². The maximum Gasteiger partial charge on any atom is 0.330 e. The highest BCUT2D eigenvalue weighted by Gasteiger charge is 2.43. The third kappa shape index (κ3) is 4.39. The first-order chi connectivity index (χ1) is 13.4. The second kappa shape index (κ2) is 8.52. The Bertz CT molecular complexity index is 881. The summed E-state index contributed by atoms with van der Waals surface area (Å²) in [4.78, 5) is 38.2. The Morgan fingerprint density at radius 2 is 2.07 bits per heavy atom. The van der Waals surface area contributed by atoms with Gasteiger partial charge in [-0.1, -0.05) is 12.1 Å². The number of carbonyl (C=O) groups is 3. The van der Waals surface area contributed by atoms with Crippen LogP contribution >= 0.6 is 11.8 Å². The van der Waals surface area contributed by atoms with E-state index >= 15 is 0 Å². The average molecular weight is 402 g/mol. The second-order valence-corrected chi connectivity index (χ2v) is 7.73. The van der Waals surface area contributed by atoms with Crippen LogP contribution in [0.15, 0.2) is 41.0 Å². The molecule has 0 aliphatic carbocycles. The maximum absolute atomic E-state index is 12.5. The molecule has 0 bridgehead atoms. The molecule has 1 aromatic heterocycles. The van der Waals surface area contributed by atoms with E-state index in [1.807, 2.05) is 32.0 Å². The van der Waals surface area contributed by atoms with Crippen molar-refractivity contribution in [1.82, 2.24) is 4.90 Å². The van der Waals surface area contributed by atoms with Gasteiger partial charge in [0.05, 0.1) is 6.26 Å². The number of carbonyl (C=O) groups excluding carboxylic acids is 3. The zero-order valence-electron chi connectivity index (χ0n) is 15.9. The molecule has 148 valence electrons. The lowest BCUT2D eigenvalue weighted by molar-refractivity contribution is -0.155. The number of hydrogen-bond donors (Lipinski definition) is 1. The molecule has 8 heteroatoms. The van der Waals surface area contributed by atoms with E-state index < -0.39 is 24.5 Å². The summed E-state index contributed by atoms with van der Waals surface area (Å²) in [5.41, 5.74) is 2.61. The number of rotatable bonds is 5. The minimum Gasteiger partial charge on any atom is -0.466 e. The topological polar surface area (TPSA) is 88.8 Å². The van der Waals surface area contributed by atoms with Crippen LogP contribution in [0.4, 0.5) is 5.69 Å². The maximum atomic E-state index is 12.5. The van der Waals surface area contributed by atoms with Crippen LogP contribution in [0, 0.1) is 13.8 Å². The lowest BCUT2D eigenvalue weighted by Gasteiger charge is -2.25. The Morgan fingerprint density at radius 1 is 1.29 bits per heavy atom. The van der Waals surface area contributed by atoms with Gasteiger partial charge in [0.2, 0.25) is 5.91 Å². The molecule has 1 fully saturated rings. The highest BCUT2D eigenvalue weighted by molar-refractivity contribution is 7.99. The number of nitrogens with one attached hydrogen (secondary N) is 1. The average Bonchev–Trinajstić information content (AvgIpc) is 3.31. The first kappa shape index (κ1) is 20.0. The molecule has 0 saturated carbocycles. The molecule has 7 nitrogen and oxygen atoms in total. The van der Waals surface area contributed by atoms with Crippen molar-refractivity contribution in [3.63, 3.8) is 0 Å². The molecule has 0 radical (unpaired) electrons. The number of esters is 1. The summed E-state index contributed by atoms with van der Waals surface area (Å²) in [6, 6.07) is 8.46. The quantitative estimate of drug-likeness (QED) is 0.774. The van der Waals surface area contributed by atoms with Crippen LogP contribution in [0.3, 0.4) is 0 Å². The van der Waals surface area contributed by atoms with Gasteiger partial charge in [-0.05, 0) is 43.2 Å². The van der Waals surface area contributed by atoms with Crippen LogP contribution in [0.2, 0.25) is 0 Å². The number of aryl methyl sites for hydroxylation is 2. The summed E-state index contributed by atoms with van der Waals surface area (Å²) in [6.07, 6.45) is 1.53. The predicted molar refractivity (Wildman–Crippen MR) is 106 cm³/mol. The van der Waals surface area contributed by atoms with Gasteiger partial charge >= 0.3 is 5.97 Å². The van der Waals surface area contributed by atoms with Gasteiger partial charge in [-0.25, -0.2) is 4.79 Å². The Kier molecular flexibility index (Phi) is 6.08. The SMILES string of the molecule is CC(=O)N1[C@@H](C(=O)OCC(=O)Nc2cc(C)ccc2C)CS[C@H]1c1ccco1. The van der Waals surface area contributed by atoms with Gasteiger partial charge in [0.1, 0.15) is 17.2 Å². The van der Waals surface area contributed by atoms with Crippen LogP contribution in [0.1, 0.15) is 29.2 Å². The minimum atomic E-state index is -0.758. The van der Waals surface area contributed by atoms with E-state index in [4.69, 9.17) is 9.15 Å². The van der Waals surface area contributed by atoms with Gasteiger partial charge in [-0.2, -0.15) is 0 Å². The number of benzene rings is 1. The highest BCUT2D eigenvalue weighted by Crippen LogP contribution is 2.41. The molecule has 1 N–H and O–H groups in total. The lowest BCUT2D eigenvalue weighted by atomic mass is 10.1. The lowest BCUT2D eigenvalue weighted by Crippen LogP contribution is -2.43. The molecule has 1 aromatic carbocycles. The van der Waals surface area contributed by atoms with E-state index in [9.17, 15) is 14.4 Å².